The van der Waals surface area contributed by atoms with Crippen molar-refractivity contribution in [1.82, 2.24) is 0 Å². The van der Waals surface area contributed by atoms with Gasteiger partial charge in [0, 0.05) is 0 Å². The zero-order valence-electron chi connectivity index (χ0n) is 8.37. The molecule has 5 heteroatoms. The quantitative estimate of drug-likeness (QED) is 0.798. The molecule has 1 aromatic carbocycles. The van der Waals surface area contributed by atoms with Crippen molar-refractivity contribution in [3.63, 3.8) is 0 Å². The lowest BCUT2D eigenvalue weighted by atomic mass is 10.1. The Bertz CT molecular complexity index is 451. The maximum Gasteiger partial charge on any atom is 0.241 e. The Morgan fingerprint density at radius 1 is 1.21 bits per heavy atom. The Morgan fingerprint density at radius 3 is 2.14 bits per heavy atom. The van der Waals surface area contributed by atoms with Gasteiger partial charge in [0.15, 0.2) is 0 Å². The number of rotatable bonds is 2. The minimum Gasteiger partial charge on any atom is -0.495 e. The zero-order valence-corrected chi connectivity index (χ0v) is 9.18. The third-order valence-electron chi connectivity index (χ3n) is 2.09. The summed E-state index contributed by atoms with van der Waals surface area (Å²) in [6, 6.07) is 3.18. The van der Waals surface area contributed by atoms with E-state index in [2.05, 4.69) is 0 Å². The van der Waals surface area contributed by atoms with Crippen molar-refractivity contribution < 1.29 is 13.2 Å². The molecule has 0 amide bonds. The van der Waals surface area contributed by atoms with Gasteiger partial charge in [0.25, 0.3) is 0 Å². The summed E-state index contributed by atoms with van der Waals surface area (Å²) in [6.07, 6.45) is 0. The SMILES string of the molecule is COc1cc(C)c(C)cc1S(N)(=O)=O. The third kappa shape index (κ3) is 2.05. The topological polar surface area (TPSA) is 69.4 Å². The first-order valence-electron chi connectivity index (χ1n) is 4.04. The number of ether oxygens (including phenoxy) is 1. The summed E-state index contributed by atoms with van der Waals surface area (Å²) < 4.78 is 27.3. The van der Waals surface area contributed by atoms with Crippen molar-refractivity contribution in [3.05, 3.63) is 23.3 Å². The van der Waals surface area contributed by atoms with Crippen LogP contribution >= 0.6 is 0 Å². The van der Waals surface area contributed by atoms with Gasteiger partial charge in [-0.05, 0) is 37.1 Å². The van der Waals surface area contributed by atoms with Gasteiger partial charge in [-0.3, -0.25) is 0 Å². The van der Waals surface area contributed by atoms with Crippen LogP contribution in [0.3, 0.4) is 0 Å². The van der Waals surface area contributed by atoms with E-state index in [9.17, 15) is 8.42 Å². The highest BCUT2D eigenvalue weighted by Gasteiger charge is 2.15. The van der Waals surface area contributed by atoms with Crippen LogP contribution in [-0.2, 0) is 10.0 Å². The first-order chi connectivity index (χ1) is 6.36. The minimum atomic E-state index is -3.71. The molecule has 0 aliphatic rings. The molecule has 4 nitrogen and oxygen atoms in total. The van der Waals surface area contributed by atoms with Crippen LogP contribution in [0, 0.1) is 13.8 Å². The van der Waals surface area contributed by atoms with Crippen LogP contribution in [0.25, 0.3) is 0 Å². The largest absolute Gasteiger partial charge is 0.495 e. The Hall–Kier alpha value is -1.07. The minimum absolute atomic E-state index is 0.0306. The smallest absolute Gasteiger partial charge is 0.241 e. The number of primary sulfonamides is 1. The van der Waals surface area contributed by atoms with Crippen LogP contribution in [0.15, 0.2) is 17.0 Å². The molecule has 14 heavy (non-hydrogen) atoms. The first-order valence-corrected chi connectivity index (χ1v) is 5.59. The van der Waals surface area contributed by atoms with E-state index in [1.807, 2.05) is 13.8 Å². The van der Waals surface area contributed by atoms with E-state index in [0.717, 1.165) is 11.1 Å². The zero-order chi connectivity index (χ0) is 10.9. The Kier molecular flexibility index (Phi) is 2.82. The van der Waals surface area contributed by atoms with Gasteiger partial charge in [-0.25, -0.2) is 13.6 Å². The van der Waals surface area contributed by atoms with Crippen LogP contribution in [0.5, 0.6) is 5.75 Å². The highest BCUT2D eigenvalue weighted by Crippen LogP contribution is 2.25. The molecule has 0 spiro atoms. The summed E-state index contributed by atoms with van der Waals surface area (Å²) in [4.78, 5) is 0.0306. The summed E-state index contributed by atoms with van der Waals surface area (Å²) in [5.41, 5.74) is 1.84. The van der Waals surface area contributed by atoms with Crippen LogP contribution in [0.2, 0.25) is 0 Å². The van der Waals surface area contributed by atoms with E-state index in [0.29, 0.717) is 0 Å². The molecule has 0 heterocycles. The Labute approximate surface area is 83.7 Å². The second kappa shape index (κ2) is 3.59. The Balaban J connectivity index is 3.51. The van der Waals surface area contributed by atoms with Gasteiger partial charge in [0.2, 0.25) is 10.0 Å². The highest BCUT2D eigenvalue weighted by molar-refractivity contribution is 7.89. The number of aryl methyl sites for hydroxylation is 2. The molecular formula is C9H13NO3S. The fourth-order valence-electron chi connectivity index (χ4n) is 1.15. The second-order valence-corrected chi connectivity index (χ2v) is 4.66. The monoisotopic (exact) mass is 215 g/mol. The highest BCUT2D eigenvalue weighted by atomic mass is 32.2. The lowest BCUT2D eigenvalue weighted by Crippen LogP contribution is -2.14. The summed E-state index contributed by atoms with van der Waals surface area (Å²) in [5.74, 6) is 0.288. The predicted molar refractivity (Wildman–Crippen MR) is 53.8 cm³/mol. The number of nitrogens with two attached hydrogens (primary N) is 1. The standard InChI is InChI=1S/C9H13NO3S/c1-6-4-8(13-3)9(5-7(6)2)14(10,11)12/h4-5H,1-3H3,(H2,10,11,12). The van der Waals surface area contributed by atoms with Crippen molar-refractivity contribution in [3.8, 4) is 5.75 Å². The normalized spacial score (nSPS) is 11.4. The molecule has 0 aliphatic heterocycles. The average molecular weight is 215 g/mol. The summed E-state index contributed by atoms with van der Waals surface area (Å²) >= 11 is 0. The molecule has 0 bridgehead atoms. The maximum atomic E-state index is 11.2. The number of hydrogen-bond donors (Lipinski definition) is 1. The number of sulfonamides is 1. The predicted octanol–water partition coefficient (Wildman–Crippen LogP) is 0.959. The summed E-state index contributed by atoms with van der Waals surface area (Å²) in [5, 5.41) is 5.04. The van der Waals surface area contributed by atoms with Crippen LogP contribution in [-0.4, -0.2) is 15.5 Å². The van der Waals surface area contributed by atoms with Crippen molar-refractivity contribution in [2.75, 3.05) is 7.11 Å². The molecule has 0 radical (unpaired) electrons. The molecular weight excluding hydrogens is 202 g/mol. The second-order valence-electron chi connectivity index (χ2n) is 3.13. The van der Waals surface area contributed by atoms with E-state index in [1.165, 1.54) is 13.2 Å². The van der Waals surface area contributed by atoms with Crippen molar-refractivity contribution in [1.29, 1.82) is 0 Å². The third-order valence-corrected chi connectivity index (χ3v) is 3.02. The molecule has 2 N–H and O–H groups in total. The number of hydrogen-bond acceptors (Lipinski definition) is 3. The molecule has 0 unspecified atom stereocenters. The van der Waals surface area contributed by atoms with E-state index in [4.69, 9.17) is 9.88 Å². The molecule has 0 aromatic heterocycles. The van der Waals surface area contributed by atoms with Gasteiger partial charge in [-0.2, -0.15) is 0 Å². The molecule has 0 atom stereocenters. The number of benzene rings is 1. The summed E-state index contributed by atoms with van der Waals surface area (Å²) in [6.45, 7) is 3.70. The van der Waals surface area contributed by atoms with Gasteiger partial charge >= 0.3 is 0 Å². The van der Waals surface area contributed by atoms with Crippen molar-refractivity contribution >= 4 is 10.0 Å². The molecule has 1 rings (SSSR count). The van der Waals surface area contributed by atoms with Gasteiger partial charge in [-0.1, -0.05) is 0 Å². The van der Waals surface area contributed by atoms with E-state index < -0.39 is 10.0 Å². The number of methoxy groups -OCH3 is 1. The van der Waals surface area contributed by atoms with Crippen LogP contribution in [0.4, 0.5) is 0 Å². The fourth-order valence-corrected chi connectivity index (χ4v) is 1.91. The van der Waals surface area contributed by atoms with Gasteiger partial charge in [-0.15, -0.1) is 0 Å². The van der Waals surface area contributed by atoms with Crippen molar-refractivity contribution in [2.45, 2.75) is 18.7 Å². The average Bonchev–Trinajstić information content (AvgIpc) is 2.07. The lowest BCUT2D eigenvalue weighted by molar-refractivity contribution is 0.402. The van der Waals surface area contributed by atoms with E-state index >= 15 is 0 Å². The molecule has 1 aromatic rings. The van der Waals surface area contributed by atoms with Gasteiger partial charge in [0.1, 0.15) is 10.6 Å². The molecule has 0 aliphatic carbocycles. The van der Waals surface area contributed by atoms with Crippen molar-refractivity contribution in [2.24, 2.45) is 5.14 Å². The van der Waals surface area contributed by atoms with Crippen LogP contribution in [0.1, 0.15) is 11.1 Å². The van der Waals surface area contributed by atoms with Gasteiger partial charge in [0.05, 0.1) is 7.11 Å². The van der Waals surface area contributed by atoms with Crippen LogP contribution < -0.4 is 9.88 Å². The first kappa shape index (κ1) is 11.0. The van der Waals surface area contributed by atoms with Gasteiger partial charge < -0.3 is 4.74 Å². The molecule has 0 saturated heterocycles. The summed E-state index contributed by atoms with van der Waals surface area (Å²) in [7, 11) is -2.29. The lowest BCUT2D eigenvalue weighted by Gasteiger charge is -2.09. The van der Waals surface area contributed by atoms with E-state index in [-0.39, 0.29) is 10.6 Å². The molecule has 78 valence electrons. The maximum absolute atomic E-state index is 11.2. The fraction of sp³-hybridized carbons (Fsp3) is 0.333. The molecule has 0 saturated carbocycles. The Morgan fingerprint density at radius 2 is 1.71 bits per heavy atom. The molecule has 0 fully saturated rings. The van der Waals surface area contributed by atoms with E-state index in [1.54, 1.807) is 6.07 Å².